The molecule has 140 valence electrons. The number of methoxy groups -OCH3 is 1. The van der Waals surface area contributed by atoms with E-state index in [0.29, 0.717) is 23.5 Å². The molecular formula is C20H20N2O5. The number of aldehydes is 1. The van der Waals surface area contributed by atoms with Crippen LogP contribution in [0.4, 0.5) is 0 Å². The van der Waals surface area contributed by atoms with Crippen LogP contribution in [-0.2, 0) is 16.0 Å². The zero-order valence-corrected chi connectivity index (χ0v) is 14.8. The summed E-state index contributed by atoms with van der Waals surface area (Å²) in [4.78, 5) is 24.7. The van der Waals surface area contributed by atoms with Gasteiger partial charge in [-0.25, -0.2) is 0 Å². The molecule has 2 heterocycles. The van der Waals surface area contributed by atoms with Gasteiger partial charge in [-0.2, -0.15) is 0 Å². The number of hydrogen-bond acceptors (Lipinski definition) is 6. The number of aromatic amines is 1. The van der Waals surface area contributed by atoms with E-state index in [1.807, 2.05) is 30.5 Å². The standard InChI is InChI=1S/C12H14N2O2.C8H6O3/c1-16-12(15)10(13)6-8-7-14-11-5-3-2-4-9(8)11;9-4-6-1-2-7-8(3-6)11-5-10-7/h2-5,7,10,14H,6,13H2,1H3;1-4H,5H2/t10-;/m1./s1. The molecule has 1 aromatic heterocycles. The predicted octanol–water partition coefficient (Wildman–Crippen LogP) is 2.44. The predicted molar refractivity (Wildman–Crippen MR) is 99.9 cm³/mol. The van der Waals surface area contributed by atoms with E-state index in [0.717, 1.165) is 22.8 Å². The van der Waals surface area contributed by atoms with Crippen molar-refractivity contribution < 1.29 is 23.8 Å². The number of aromatic nitrogens is 1. The highest BCUT2D eigenvalue weighted by molar-refractivity contribution is 5.84. The Balaban J connectivity index is 0.000000166. The Morgan fingerprint density at radius 1 is 1.26 bits per heavy atom. The quantitative estimate of drug-likeness (QED) is 0.541. The molecule has 0 amide bonds. The Kier molecular flexibility index (Phi) is 5.73. The number of carbonyl (C=O) groups is 2. The van der Waals surface area contributed by atoms with Crippen LogP contribution >= 0.6 is 0 Å². The molecule has 0 saturated heterocycles. The Morgan fingerprint density at radius 3 is 2.81 bits per heavy atom. The van der Waals surface area contributed by atoms with E-state index in [1.165, 1.54) is 7.11 Å². The molecule has 2 aromatic carbocycles. The number of ether oxygens (including phenoxy) is 3. The molecule has 0 bridgehead atoms. The van der Waals surface area contributed by atoms with Gasteiger partial charge in [0.1, 0.15) is 12.3 Å². The number of fused-ring (bicyclic) bond motifs is 2. The number of nitrogens with two attached hydrogens (primary N) is 1. The number of hydrogen-bond donors (Lipinski definition) is 2. The van der Waals surface area contributed by atoms with Gasteiger partial charge in [-0.15, -0.1) is 0 Å². The maximum absolute atomic E-state index is 11.2. The Bertz CT molecular complexity index is 950. The van der Waals surface area contributed by atoms with E-state index in [1.54, 1.807) is 18.2 Å². The number of esters is 1. The first kappa shape index (κ1) is 18.5. The number of benzene rings is 2. The molecule has 1 aliphatic heterocycles. The normalized spacial score (nSPS) is 12.8. The van der Waals surface area contributed by atoms with Crippen molar-refractivity contribution in [2.45, 2.75) is 12.5 Å². The number of rotatable bonds is 4. The van der Waals surface area contributed by atoms with Crippen molar-refractivity contribution in [3.8, 4) is 11.5 Å². The summed E-state index contributed by atoms with van der Waals surface area (Å²) >= 11 is 0. The van der Waals surface area contributed by atoms with E-state index >= 15 is 0 Å². The van der Waals surface area contributed by atoms with Crippen LogP contribution in [0, 0.1) is 0 Å². The first-order chi connectivity index (χ1) is 13.1. The van der Waals surface area contributed by atoms with Crippen LogP contribution in [0.3, 0.4) is 0 Å². The molecular weight excluding hydrogens is 348 g/mol. The van der Waals surface area contributed by atoms with Crippen LogP contribution in [0.25, 0.3) is 10.9 Å². The van der Waals surface area contributed by atoms with E-state index < -0.39 is 6.04 Å². The number of para-hydroxylation sites is 1. The second-order valence-electron chi connectivity index (χ2n) is 5.92. The average molecular weight is 368 g/mol. The molecule has 3 N–H and O–H groups in total. The van der Waals surface area contributed by atoms with Crippen LogP contribution < -0.4 is 15.2 Å². The Hall–Kier alpha value is -3.32. The summed E-state index contributed by atoms with van der Waals surface area (Å²) in [6.07, 6.45) is 3.14. The van der Waals surface area contributed by atoms with Crippen molar-refractivity contribution in [2.24, 2.45) is 5.73 Å². The van der Waals surface area contributed by atoms with Crippen molar-refractivity contribution in [3.05, 3.63) is 59.8 Å². The fourth-order valence-electron chi connectivity index (χ4n) is 2.76. The van der Waals surface area contributed by atoms with Gasteiger partial charge in [0.05, 0.1) is 7.11 Å². The second kappa shape index (κ2) is 8.37. The highest BCUT2D eigenvalue weighted by Gasteiger charge is 2.16. The molecule has 1 atom stereocenters. The summed E-state index contributed by atoms with van der Waals surface area (Å²) in [7, 11) is 1.34. The van der Waals surface area contributed by atoms with Crippen molar-refractivity contribution >= 4 is 23.2 Å². The molecule has 1 aliphatic rings. The van der Waals surface area contributed by atoms with Gasteiger partial charge in [-0.1, -0.05) is 18.2 Å². The van der Waals surface area contributed by atoms with Crippen LogP contribution in [-0.4, -0.2) is 37.2 Å². The van der Waals surface area contributed by atoms with Crippen molar-refractivity contribution in [1.29, 1.82) is 0 Å². The van der Waals surface area contributed by atoms with Crippen LogP contribution in [0.15, 0.2) is 48.7 Å². The largest absolute Gasteiger partial charge is 0.468 e. The van der Waals surface area contributed by atoms with Gasteiger partial charge < -0.3 is 24.9 Å². The fourth-order valence-corrected chi connectivity index (χ4v) is 2.76. The monoisotopic (exact) mass is 368 g/mol. The first-order valence-electron chi connectivity index (χ1n) is 8.35. The van der Waals surface area contributed by atoms with Gasteiger partial charge >= 0.3 is 5.97 Å². The highest BCUT2D eigenvalue weighted by atomic mass is 16.7. The molecule has 7 nitrogen and oxygen atoms in total. The minimum absolute atomic E-state index is 0.248. The number of nitrogens with one attached hydrogen (secondary N) is 1. The summed E-state index contributed by atoms with van der Waals surface area (Å²) in [6, 6.07) is 12.4. The molecule has 4 rings (SSSR count). The lowest BCUT2D eigenvalue weighted by atomic mass is 10.1. The average Bonchev–Trinajstić information content (AvgIpc) is 3.34. The van der Waals surface area contributed by atoms with E-state index in [-0.39, 0.29) is 12.8 Å². The zero-order chi connectivity index (χ0) is 19.2. The molecule has 0 spiro atoms. The lowest BCUT2D eigenvalue weighted by molar-refractivity contribution is -0.142. The molecule has 0 radical (unpaired) electrons. The van der Waals surface area contributed by atoms with E-state index in [9.17, 15) is 9.59 Å². The number of carbonyl (C=O) groups excluding carboxylic acids is 2. The highest BCUT2D eigenvalue weighted by Crippen LogP contribution is 2.31. The summed E-state index contributed by atoms with van der Waals surface area (Å²) in [5, 5.41) is 1.10. The molecule has 3 aromatic rings. The molecule has 0 fully saturated rings. The maximum atomic E-state index is 11.2. The van der Waals surface area contributed by atoms with Crippen molar-refractivity contribution in [3.63, 3.8) is 0 Å². The Labute approximate surface area is 156 Å². The lowest BCUT2D eigenvalue weighted by Gasteiger charge is -2.07. The third-order valence-corrected chi connectivity index (χ3v) is 4.15. The van der Waals surface area contributed by atoms with E-state index in [4.69, 9.17) is 15.2 Å². The molecule has 27 heavy (non-hydrogen) atoms. The lowest BCUT2D eigenvalue weighted by Crippen LogP contribution is -2.33. The summed E-state index contributed by atoms with van der Waals surface area (Å²) in [5.74, 6) is 0.968. The minimum atomic E-state index is -0.607. The van der Waals surface area contributed by atoms with Gasteiger partial charge in [0.15, 0.2) is 11.5 Å². The van der Waals surface area contributed by atoms with Gasteiger partial charge in [-0.05, 0) is 29.8 Å². The van der Waals surface area contributed by atoms with Gasteiger partial charge in [-0.3, -0.25) is 9.59 Å². The van der Waals surface area contributed by atoms with Crippen LogP contribution in [0.5, 0.6) is 11.5 Å². The summed E-state index contributed by atoms with van der Waals surface area (Å²) < 4.78 is 14.7. The van der Waals surface area contributed by atoms with E-state index in [2.05, 4.69) is 9.72 Å². The SMILES string of the molecule is COC(=O)[C@H](N)Cc1c[nH]c2ccccc12.O=Cc1ccc2c(c1)OCO2. The molecule has 0 aliphatic carbocycles. The first-order valence-corrected chi connectivity index (χ1v) is 8.35. The maximum Gasteiger partial charge on any atom is 0.322 e. The molecule has 0 saturated carbocycles. The summed E-state index contributed by atoms with van der Waals surface area (Å²) in [6.45, 7) is 0.248. The minimum Gasteiger partial charge on any atom is -0.468 e. The van der Waals surface area contributed by atoms with Crippen LogP contribution in [0.1, 0.15) is 15.9 Å². The van der Waals surface area contributed by atoms with Crippen molar-refractivity contribution in [2.75, 3.05) is 13.9 Å². The Morgan fingerprint density at radius 2 is 2.04 bits per heavy atom. The van der Waals surface area contributed by atoms with Gasteiger partial charge in [0.25, 0.3) is 0 Å². The fraction of sp³-hybridized carbons (Fsp3) is 0.200. The van der Waals surface area contributed by atoms with Crippen LogP contribution in [0.2, 0.25) is 0 Å². The number of H-pyrrole nitrogens is 1. The van der Waals surface area contributed by atoms with Crippen molar-refractivity contribution in [1.82, 2.24) is 4.98 Å². The van der Waals surface area contributed by atoms with Gasteiger partial charge in [0, 0.05) is 29.1 Å². The molecule has 0 unspecified atom stereocenters. The summed E-state index contributed by atoms with van der Waals surface area (Å²) in [5.41, 5.74) is 8.41. The second-order valence-corrected chi connectivity index (χ2v) is 5.92. The van der Waals surface area contributed by atoms with Gasteiger partial charge in [0.2, 0.25) is 6.79 Å². The zero-order valence-electron chi connectivity index (χ0n) is 14.8. The molecule has 7 heteroatoms. The topological polar surface area (TPSA) is 104 Å². The smallest absolute Gasteiger partial charge is 0.322 e. The third-order valence-electron chi connectivity index (χ3n) is 4.15. The third kappa shape index (κ3) is 4.27.